The molecule has 0 saturated carbocycles. The van der Waals surface area contributed by atoms with E-state index in [4.69, 9.17) is 0 Å². The standard InChI is InChI=1S/C14H17BrN2O2S2/c1-10-5-6-20-13(10)9-17-21(18,19)14-4-3-11(8-16-2)7-12(14)15/h3-7,16-17H,8-9H2,1-2H3. The van der Waals surface area contributed by atoms with Crippen LogP contribution in [0.2, 0.25) is 0 Å². The van der Waals surface area contributed by atoms with E-state index in [9.17, 15) is 8.42 Å². The van der Waals surface area contributed by atoms with Crippen LogP contribution in [0.5, 0.6) is 0 Å². The Morgan fingerprint density at radius 2 is 2.00 bits per heavy atom. The Morgan fingerprint density at radius 1 is 1.24 bits per heavy atom. The van der Waals surface area contributed by atoms with Crippen molar-refractivity contribution in [3.63, 3.8) is 0 Å². The van der Waals surface area contributed by atoms with Crippen molar-refractivity contribution in [2.45, 2.75) is 24.9 Å². The molecule has 0 aliphatic carbocycles. The molecule has 114 valence electrons. The molecule has 0 radical (unpaired) electrons. The number of hydrogen-bond acceptors (Lipinski definition) is 4. The van der Waals surface area contributed by atoms with Crippen molar-refractivity contribution in [2.24, 2.45) is 0 Å². The van der Waals surface area contributed by atoms with Gasteiger partial charge >= 0.3 is 0 Å². The van der Waals surface area contributed by atoms with Gasteiger partial charge in [-0.15, -0.1) is 11.3 Å². The van der Waals surface area contributed by atoms with Crippen LogP contribution in [0.4, 0.5) is 0 Å². The quantitative estimate of drug-likeness (QED) is 0.799. The summed E-state index contributed by atoms with van der Waals surface area (Å²) < 4.78 is 28.0. The Kier molecular flexibility index (Phi) is 5.56. The summed E-state index contributed by atoms with van der Waals surface area (Å²) in [6.45, 7) is 2.99. The zero-order valence-corrected chi connectivity index (χ0v) is 15.0. The molecule has 21 heavy (non-hydrogen) atoms. The molecule has 0 unspecified atom stereocenters. The van der Waals surface area contributed by atoms with Crippen LogP contribution >= 0.6 is 27.3 Å². The first-order valence-electron chi connectivity index (χ1n) is 6.39. The highest BCUT2D eigenvalue weighted by Crippen LogP contribution is 2.24. The molecule has 0 bridgehead atoms. The summed E-state index contributed by atoms with van der Waals surface area (Å²) in [6.07, 6.45) is 0. The molecule has 2 N–H and O–H groups in total. The van der Waals surface area contributed by atoms with E-state index < -0.39 is 10.0 Å². The smallest absolute Gasteiger partial charge is 0.242 e. The maximum Gasteiger partial charge on any atom is 0.242 e. The van der Waals surface area contributed by atoms with Gasteiger partial charge < -0.3 is 5.32 Å². The van der Waals surface area contributed by atoms with Crippen LogP contribution < -0.4 is 10.0 Å². The van der Waals surface area contributed by atoms with E-state index in [0.717, 1.165) is 16.0 Å². The predicted octanol–water partition coefficient (Wildman–Crippen LogP) is 3.02. The second-order valence-corrected chi connectivity index (χ2v) is 8.24. The maximum absolute atomic E-state index is 12.4. The molecular weight excluding hydrogens is 372 g/mol. The molecule has 1 aromatic heterocycles. The molecule has 0 saturated heterocycles. The number of aryl methyl sites for hydroxylation is 1. The monoisotopic (exact) mass is 388 g/mol. The summed E-state index contributed by atoms with van der Waals surface area (Å²) in [4.78, 5) is 1.29. The van der Waals surface area contributed by atoms with Gasteiger partial charge in [-0.05, 0) is 64.6 Å². The van der Waals surface area contributed by atoms with E-state index in [-0.39, 0.29) is 4.90 Å². The van der Waals surface area contributed by atoms with E-state index in [1.165, 1.54) is 0 Å². The Morgan fingerprint density at radius 3 is 2.57 bits per heavy atom. The van der Waals surface area contributed by atoms with Crippen LogP contribution in [-0.2, 0) is 23.1 Å². The first-order chi connectivity index (χ1) is 9.94. The third-order valence-electron chi connectivity index (χ3n) is 3.06. The van der Waals surface area contributed by atoms with Crippen LogP contribution in [-0.4, -0.2) is 15.5 Å². The van der Waals surface area contributed by atoms with Crippen LogP contribution in [0.25, 0.3) is 0 Å². The Balaban J connectivity index is 2.17. The molecule has 1 aromatic carbocycles. The number of halogens is 1. The van der Waals surface area contributed by atoms with E-state index in [1.54, 1.807) is 17.4 Å². The molecule has 0 fully saturated rings. The maximum atomic E-state index is 12.4. The van der Waals surface area contributed by atoms with Gasteiger partial charge in [0, 0.05) is 22.4 Å². The summed E-state index contributed by atoms with van der Waals surface area (Å²) in [5, 5.41) is 4.99. The lowest BCUT2D eigenvalue weighted by Crippen LogP contribution is -2.23. The summed E-state index contributed by atoms with van der Waals surface area (Å²) in [5.41, 5.74) is 2.13. The lowest BCUT2D eigenvalue weighted by atomic mass is 10.2. The van der Waals surface area contributed by atoms with E-state index in [0.29, 0.717) is 17.6 Å². The molecule has 0 atom stereocenters. The Labute approximate surface area is 137 Å². The van der Waals surface area contributed by atoms with Gasteiger partial charge in [0.05, 0.1) is 4.90 Å². The molecule has 2 rings (SSSR count). The molecule has 0 aliphatic rings. The SMILES string of the molecule is CNCc1ccc(S(=O)(=O)NCc2sccc2C)c(Br)c1. The first-order valence-corrected chi connectivity index (χ1v) is 9.55. The lowest BCUT2D eigenvalue weighted by molar-refractivity contribution is 0.581. The van der Waals surface area contributed by atoms with E-state index in [1.807, 2.05) is 37.6 Å². The molecule has 0 aliphatic heterocycles. The zero-order valence-electron chi connectivity index (χ0n) is 11.8. The highest BCUT2D eigenvalue weighted by atomic mass is 79.9. The number of rotatable bonds is 6. The van der Waals surface area contributed by atoms with Crippen molar-refractivity contribution < 1.29 is 8.42 Å². The van der Waals surface area contributed by atoms with E-state index in [2.05, 4.69) is 26.0 Å². The largest absolute Gasteiger partial charge is 0.316 e. The summed E-state index contributed by atoms with van der Waals surface area (Å²) in [7, 11) is -1.68. The third kappa shape index (κ3) is 4.14. The van der Waals surface area contributed by atoms with Crippen molar-refractivity contribution in [1.82, 2.24) is 10.0 Å². The van der Waals surface area contributed by atoms with Crippen LogP contribution in [0, 0.1) is 6.92 Å². The summed E-state index contributed by atoms with van der Waals surface area (Å²) >= 11 is 4.89. The number of hydrogen-bond donors (Lipinski definition) is 2. The lowest BCUT2D eigenvalue weighted by Gasteiger charge is -2.10. The van der Waals surface area contributed by atoms with Crippen molar-refractivity contribution >= 4 is 37.3 Å². The molecule has 1 heterocycles. The van der Waals surface area contributed by atoms with Crippen molar-refractivity contribution in [3.05, 3.63) is 50.1 Å². The number of benzene rings is 1. The zero-order chi connectivity index (χ0) is 15.5. The van der Waals surface area contributed by atoms with Crippen LogP contribution in [0.1, 0.15) is 16.0 Å². The summed E-state index contributed by atoms with van der Waals surface area (Å²) in [6, 6.07) is 7.24. The van der Waals surface area contributed by atoms with Gasteiger partial charge in [0.15, 0.2) is 0 Å². The van der Waals surface area contributed by atoms with E-state index >= 15 is 0 Å². The third-order valence-corrected chi connectivity index (χ3v) is 6.46. The number of sulfonamides is 1. The normalized spacial score (nSPS) is 11.8. The molecule has 2 aromatic rings. The second-order valence-electron chi connectivity index (χ2n) is 4.65. The summed E-state index contributed by atoms with van der Waals surface area (Å²) in [5.74, 6) is 0. The molecule has 0 spiro atoms. The van der Waals surface area contributed by atoms with Gasteiger partial charge in [0.25, 0.3) is 0 Å². The Hall–Kier alpha value is -0.730. The minimum atomic E-state index is -3.53. The van der Waals surface area contributed by atoms with Crippen LogP contribution in [0.15, 0.2) is 39.0 Å². The second kappa shape index (κ2) is 7.02. The highest BCUT2D eigenvalue weighted by molar-refractivity contribution is 9.10. The number of thiophene rings is 1. The fraction of sp³-hybridized carbons (Fsp3) is 0.286. The fourth-order valence-electron chi connectivity index (χ4n) is 1.90. The van der Waals surface area contributed by atoms with Gasteiger partial charge in [-0.25, -0.2) is 13.1 Å². The van der Waals surface area contributed by atoms with Crippen molar-refractivity contribution in [2.75, 3.05) is 7.05 Å². The average Bonchev–Trinajstić information content (AvgIpc) is 2.82. The molecule has 4 nitrogen and oxygen atoms in total. The average molecular weight is 389 g/mol. The van der Waals surface area contributed by atoms with Gasteiger partial charge in [-0.1, -0.05) is 6.07 Å². The van der Waals surface area contributed by atoms with Crippen molar-refractivity contribution in [3.8, 4) is 0 Å². The van der Waals surface area contributed by atoms with Gasteiger partial charge in [-0.3, -0.25) is 0 Å². The molecule has 7 heteroatoms. The van der Waals surface area contributed by atoms with Gasteiger partial charge in [-0.2, -0.15) is 0 Å². The van der Waals surface area contributed by atoms with Crippen molar-refractivity contribution in [1.29, 1.82) is 0 Å². The fourth-order valence-corrected chi connectivity index (χ4v) is 4.96. The van der Waals surface area contributed by atoms with Crippen LogP contribution in [0.3, 0.4) is 0 Å². The minimum absolute atomic E-state index is 0.261. The Bertz CT molecular complexity index is 726. The first kappa shape index (κ1) is 16.6. The van der Waals surface area contributed by atoms with Gasteiger partial charge in [0.1, 0.15) is 0 Å². The molecular formula is C14H17BrN2O2S2. The predicted molar refractivity (Wildman–Crippen MR) is 90.0 cm³/mol. The number of nitrogens with one attached hydrogen (secondary N) is 2. The highest BCUT2D eigenvalue weighted by Gasteiger charge is 2.18. The van der Waals surface area contributed by atoms with Gasteiger partial charge in [0.2, 0.25) is 10.0 Å². The topological polar surface area (TPSA) is 58.2 Å². The molecule has 0 amide bonds. The minimum Gasteiger partial charge on any atom is -0.316 e.